The molecule has 1 aliphatic heterocycles. The Kier molecular flexibility index (Phi) is 13.0. The van der Waals surface area contributed by atoms with E-state index in [0.29, 0.717) is 38.3 Å². The van der Waals surface area contributed by atoms with Gasteiger partial charge in [-0.25, -0.2) is 0 Å². The minimum Gasteiger partial charge on any atom is -0.463 e. The second-order valence-electron chi connectivity index (χ2n) is 8.81. The monoisotopic (exact) mass is 452 g/mol. The molecule has 0 radical (unpaired) electrons. The highest BCUT2D eigenvalue weighted by Gasteiger charge is 2.26. The summed E-state index contributed by atoms with van der Waals surface area (Å²) in [7, 11) is 0. The maximum atomic E-state index is 13.1. The molecule has 0 aromatic heterocycles. The fourth-order valence-electron chi connectivity index (χ4n) is 4.33. The lowest BCUT2D eigenvalue weighted by Crippen LogP contribution is -2.44. The zero-order chi connectivity index (χ0) is 23.0. The van der Waals surface area contributed by atoms with E-state index in [2.05, 4.69) is 10.6 Å². The van der Waals surface area contributed by atoms with Gasteiger partial charge in [0.15, 0.2) is 0 Å². The molecule has 8 nitrogen and oxygen atoms in total. The zero-order valence-corrected chi connectivity index (χ0v) is 19.2. The number of rotatable bonds is 9. The minimum atomic E-state index is -0.477. The molecular formula is C24H40N2O6. The van der Waals surface area contributed by atoms with Gasteiger partial charge in [0.05, 0.1) is 31.8 Å². The fraction of sp³-hybridized carbons (Fsp3) is 0.792. The number of carbonyl (C=O) groups excluding carboxylic acids is 3. The summed E-state index contributed by atoms with van der Waals surface area (Å²) in [6, 6.07) is -0.225. The van der Waals surface area contributed by atoms with E-state index >= 15 is 0 Å². The number of cyclic esters (lactones) is 1. The number of aliphatic hydroxyl groups excluding tert-OH is 1. The molecule has 0 aromatic rings. The lowest BCUT2D eigenvalue weighted by molar-refractivity contribution is -0.145. The van der Waals surface area contributed by atoms with Gasteiger partial charge >= 0.3 is 5.97 Å². The maximum Gasteiger partial charge on any atom is 0.305 e. The van der Waals surface area contributed by atoms with Gasteiger partial charge in [0.1, 0.15) is 6.61 Å². The van der Waals surface area contributed by atoms with Gasteiger partial charge in [-0.2, -0.15) is 0 Å². The SMILES string of the molecule is O=C(C[C@H]1CC=CCCCC(=O)OC[C@H](CC2CCCCC2)NC1=O)NCCOCCO. The van der Waals surface area contributed by atoms with Crippen LogP contribution in [0.25, 0.3) is 0 Å². The van der Waals surface area contributed by atoms with Gasteiger partial charge in [-0.3, -0.25) is 14.4 Å². The van der Waals surface area contributed by atoms with Crippen LogP contribution in [0, 0.1) is 11.8 Å². The summed E-state index contributed by atoms with van der Waals surface area (Å²) < 4.78 is 10.6. The summed E-state index contributed by atoms with van der Waals surface area (Å²) in [5, 5.41) is 14.6. The van der Waals surface area contributed by atoms with Gasteiger partial charge in [-0.15, -0.1) is 0 Å². The summed E-state index contributed by atoms with van der Waals surface area (Å²) >= 11 is 0. The molecule has 2 aliphatic rings. The summed E-state index contributed by atoms with van der Waals surface area (Å²) in [5.41, 5.74) is 0. The number of allylic oxidation sites excluding steroid dienone is 2. The number of hydrogen-bond acceptors (Lipinski definition) is 6. The third-order valence-electron chi connectivity index (χ3n) is 6.08. The first kappa shape index (κ1) is 26.3. The molecule has 8 heteroatoms. The van der Waals surface area contributed by atoms with E-state index in [4.69, 9.17) is 14.6 Å². The normalized spacial score (nSPS) is 23.9. The van der Waals surface area contributed by atoms with Crippen molar-refractivity contribution in [2.24, 2.45) is 11.8 Å². The Morgan fingerprint density at radius 1 is 1.16 bits per heavy atom. The Bertz CT molecular complexity index is 603. The topological polar surface area (TPSA) is 114 Å². The molecule has 2 amide bonds. The molecule has 1 fully saturated rings. The van der Waals surface area contributed by atoms with Crippen LogP contribution >= 0.6 is 0 Å². The van der Waals surface area contributed by atoms with E-state index < -0.39 is 5.92 Å². The van der Waals surface area contributed by atoms with Crippen molar-refractivity contribution in [2.45, 2.75) is 76.7 Å². The van der Waals surface area contributed by atoms with Gasteiger partial charge in [0.2, 0.25) is 11.8 Å². The second-order valence-corrected chi connectivity index (χ2v) is 8.81. The molecule has 32 heavy (non-hydrogen) atoms. The molecular weight excluding hydrogens is 412 g/mol. The van der Waals surface area contributed by atoms with Gasteiger partial charge in [-0.1, -0.05) is 44.3 Å². The van der Waals surface area contributed by atoms with Crippen LogP contribution in [0.15, 0.2) is 12.2 Å². The summed E-state index contributed by atoms with van der Waals surface area (Å²) in [5.74, 6) is -0.540. The van der Waals surface area contributed by atoms with Crippen LogP contribution in [-0.2, 0) is 23.9 Å². The highest BCUT2D eigenvalue weighted by Crippen LogP contribution is 2.27. The van der Waals surface area contributed by atoms with Crippen molar-refractivity contribution in [3.05, 3.63) is 12.2 Å². The standard InChI is InChI=1S/C24H40N2O6/c27-13-15-31-14-12-25-22(28)17-20-10-6-1-2-7-11-23(29)32-18-21(26-24(20)30)16-19-8-4-3-5-9-19/h1,6,19-21,27H,2-5,7-18H2,(H,25,28)(H,26,30)/t20-,21+/m1/s1. The Morgan fingerprint density at radius 3 is 2.75 bits per heavy atom. The number of carbonyl (C=O) groups is 3. The summed E-state index contributed by atoms with van der Waals surface area (Å²) in [6.45, 7) is 1.02. The Labute approximate surface area is 191 Å². The lowest BCUT2D eigenvalue weighted by atomic mass is 9.84. The summed E-state index contributed by atoms with van der Waals surface area (Å²) in [6.07, 6.45) is 13.1. The average Bonchev–Trinajstić information content (AvgIpc) is 2.80. The van der Waals surface area contributed by atoms with E-state index in [1.807, 2.05) is 12.2 Å². The molecule has 0 bridgehead atoms. The highest BCUT2D eigenvalue weighted by molar-refractivity contribution is 5.86. The Morgan fingerprint density at radius 2 is 1.97 bits per heavy atom. The van der Waals surface area contributed by atoms with Crippen molar-refractivity contribution >= 4 is 17.8 Å². The van der Waals surface area contributed by atoms with Gasteiger partial charge < -0.3 is 25.2 Å². The fourth-order valence-corrected chi connectivity index (χ4v) is 4.33. The number of ether oxygens (including phenoxy) is 2. The van der Waals surface area contributed by atoms with Gasteiger partial charge in [0.25, 0.3) is 0 Å². The molecule has 2 atom stereocenters. The molecule has 1 heterocycles. The Hall–Kier alpha value is -1.93. The lowest BCUT2D eigenvalue weighted by Gasteiger charge is -2.28. The van der Waals surface area contributed by atoms with E-state index in [0.717, 1.165) is 25.7 Å². The van der Waals surface area contributed by atoms with Crippen molar-refractivity contribution in [3.63, 3.8) is 0 Å². The quantitative estimate of drug-likeness (QED) is 0.281. The Balaban J connectivity index is 1.96. The van der Waals surface area contributed by atoms with E-state index in [1.54, 1.807) is 0 Å². The van der Waals surface area contributed by atoms with Crippen molar-refractivity contribution < 1.29 is 29.0 Å². The van der Waals surface area contributed by atoms with Crippen LogP contribution in [0.2, 0.25) is 0 Å². The van der Waals surface area contributed by atoms with Crippen LogP contribution < -0.4 is 10.6 Å². The summed E-state index contributed by atoms with van der Waals surface area (Å²) in [4.78, 5) is 37.5. The number of aliphatic hydroxyl groups is 1. The van der Waals surface area contributed by atoms with E-state index in [1.165, 1.54) is 19.3 Å². The van der Waals surface area contributed by atoms with E-state index in [-0.39, 0.29) is 50.1 Å². The van der Waals surface area contributed by atoms with Crippen LogP contribution in [-0.4, -0.2) is 61.9 Å². The number of nitrogens with one attached hydrogen (secondary N) is 2. The highest BCUT2D eigenvalue weighted by atomic mass is 16.5. The largest absolute Gasteiger partial charge is 0.463 e. The molecule has 2 rings (SSSR count). The predicted molar refractivity (Wildman–Crippen MR) is 121 cm³/mol. The maximum absolute atomic E-state index is 13.1. The minimum absolute atomic E-state index is 0.0557. The van der Waals surface area contributed by atoms with Crippen molar-refractivity contribution in [1.29, 1.82) is 0 Å². The third kappa shape index (κ3) is 11.1. The van der Waals surface area contributed by atoms with Crippen LogP contribution in [0.4, 0.5) is 0 Å². The van der Waals surface area contributed by atoms with Crippen molar-refractivity contribution in [1.82, 2.24) is 10.6 Å². The number of hydrogen-bond donors (Lipinski definition) is 3. The van der Waals surface area contributed by atoms with E-state index in [9.17, 15) is 14.4 Å². The predicted octanol–water partition coefficient (Wildman–Crippen LogP) is 2.25. The first-order valence-electron chi connectivity index (χ1n) is 12.1. The molecule has 182 valence electrons. The zero-order valence-electron chi connectivity index (χ0n) is 19.2. The van der Waals surface area contributed by atoms with Crippen molar-refractivity contribution in [2.75, 3.05) is 33.0 Å². The molecule has 1 aliphatic carbocycles. The average molecular weight is 453 g/mol. The smallest absolute Gasteiger partial charge is 0.305 e. The van der Waals surface area contributed by atoms with Crippen LogP contribution in [0.3, 0.4) is 0 Å². The first-order chi connectivity index (χ1) is 15.6. The van der Waals surface area contributed by atoms with Gasteiger partial charge in [-0.05, 0) is 31.6 Å². The van der Waals surface area contributed by atoms with Crippen LogP contribution in [0.5, 0.6) is 0 Å². The van der Waals surface area contributed by atoms with Gasteiger partial charge in [0, 0.05) is 19.4 Å². The molecule has 1 saturated carbocycles. The first-order valence-corrected chi connectivity index (χ1v) is 12.1. The molecule has 0 aromatic carbocycles. The molecule has 0 spiro atoms. The van der Waals surface area contributed by atoms with Crippen molar-refractivity contribution in [3.8, 4) is 0 Å². The number of esters is 1. The molecule has 0 unspecified atom stereocenters. The second kappa shape index (κ2) is 15.8. The third-order valence-corrected chi connectivity index (χ3v) is 6.08. The molecule has 0 saturated heterocycles. The van der Waals surface area contributed by atoms with Crippen LogP contribution in [0.1, 0.15) is 70.6 Å². The molecule has 3 N–H and O–H groups in total. The number of amides is 2.